The van der Waals surface area contributed by atoms with Crippen LogP contribution >= 0.6 is 0 Å². The SMILES string of the molecule is CCC1CCCCN1C(=O)c1c[nH]c(=O)n(Cc2ccco2)c1=O. The molecule has 2 aromatic rings. The summed E-state index contributed by atoms with van der Waals surface area (Å²) in [4.78, 5) is 41.7. The summed E-state index contributed by atoms with van der Waals surface area (Å²) >= 11 is 0. The van der Waals surface area contributed by atoms with Crippen LogP contribution in [0.3, 0.4) is 0 Å². The lowest BCUT2D eigenvalue weighted by Crippen LogP contribution is -2.47. The number of furan rings is 1. The molecule has 0 bridgehead atoms. The first-order chi connectivity index (χ1) is 11.6. The van der Waals surface area contributed by atoms with Gasteiger partial charge in [0.05, 0.1) is 12.8 Å². The van der Waals surface area contributed by atoms with Crippen LogP contribution in [0.5, 0.6) is 0 Å². The quantitative estimate of drug-likeness (QED) is 0.921. The third-order valence-corrected chi connectivity index (χ3v) is 4.54. The lowest BCUT2D eigenvalue weighted by atomic mass is 9.99. The number of carbonyl (C=O) groups excluding carboxylic acids is 1. The Morgan fingerprint density at radius 2 is 2.21 bits per heavy atom. The van der Waals surface area contributed by atoms with Crippen LogP contribution < -0.4 is 11.2 Å². The Labute approximate surface area is 138 Å². The molecule has 0 saturated carbocycles. The van der Waals surface area contributed by atoms with Gasteiger partial charge in [0.15, 0.2) is 0 Å². The van der Waals surface area contributed by atoms with Crippen molar-refractivity contribution in [3.05, 3.63) is 56.8 Å². The van der Waals surface area contributed by atoms with Crippen molar-refractivity contribution in [2.45, 2.75) is 45.2 Å². The molecule has 3 heterocycles. The lowest BCUT2D eigenvalue weighted by molar-refractivity contribution is 0.0604. The van der Waals surface area contributed by atoms with E-state index >= 15 is 0 Å². The number of H-pyrrole nitrogens is 1. The molecule has 1 aliphatic rings. The van der Waals surface area contributed by atoms with Crippen LogP contribution in [0.2, 0.25) is 0 Å². The Bertz CT molecular complexity index is 819. The van der Waals surface area contributed by atoms with E-state index in [2.05, 4.69) is 4.98 Å². The van der Waals surface area contributed by atoms with Crippen LogP contribution in [-0.2, 0) is 6.54 Å². The van der Waals surface area contributed by atoms with Crippen molar-refractivity contribution in [1.29, 1.82) is 0 Å². The summed E-state index contributed by atoms with van der Waals surface area (Å²) in [6, 6.07) is 3.51. The second kappa shape index (κ2) is 6.90. The molecule has 24 heavy (non-hydrogen) atoms. The van der Waals surface area contributed by atoms with Crippen LogP contribution in [0.15, 0.2) is 38.6 Å². The molecule has 1 N–H and O–H groups in total. The Hall–Kier alpha value is -2.57. The molecule has 1 atom stereocenters. The van der Waals surface area contributed by atoms with E-state index in [9.17, 15) is 14.4 Å². The fourth-order valence-corrected chi connectivity index (χ4v) is 3.21. The van der Waals surface area contributed by atoms with Gasteiger partial charge in [0.25, 0.3) is 11.5 Å². The molecule has 1 aliphatic heterocycles. The minimum absolute atomic E-state index is 0.000503. The molecule has 0 aromatic carbocycles. The molecule has 3 rings (SSSR count). The number of nitrogens with zero attached hydrogens (tertiary/aromatic N) is 2. The molecule has 1 unspecified atom stereocenters. The summed E-state index contributed by atoms with van der Waals surface area (Å²) in [5.74, 6) is 0.174. The van der Waals surface area contributed by atoms with Crippen molar-refractivity contribution < 1.29 is 9.21 Å². The molecule has 0 spiro atoms. The summed E-state index contributed by atoms with van der Waals surface area (Å²) in [5, 5.41) is 0. The highest BCUT2D eigenvalue weighted by Crippen LogP contribution is 2.20. The van der Waals surface area contributed by atoms with Gasteiger partial charge in [-0.2, -0.15) is 0 Å². The monoisotopic (exact) mass is 331 g/mol. The number of rotatable bonds is 4. The van der Waals surface area contributed by atoms with E-state index in [0.717, 1.165) is 30.3 Å². The van der Waals surface area contributed by atoms with E-state index < -0.39 is 11.2 Å². The van der Waals surface area contributed by atoms with E-state index in [1.54, 1.807) is 17.0 Å². The number of amides is 1. The van der Waals surface area contributed by atoms with Gasteiger partial charge in [0.2, 0.25) is 0 Å². The van der Waals surface area contributed by atoms with E-state index in [-0.39, 0.29) is 24.1 Å². The summed E-state index contributed by atoms with van der Waals surface area (Å²) < 4.78 is 6.19. The molecule has 128 valence electrons. The maximum absolute atomic E-state index is 12.8. The number of piperidine rings is 1. The number of carbonyl (C=O) groups is 1. The minimum atomic E-state index is -0.583. The molecule has 1 saturated heterocycles. The zero-order valence-electron chi connectivity index (χ0n) is 13.7. The predicted molar refractivity (Wildman–Crippen MR) is 88.1 cm³/mol. The number of likely N-dealkylation sites (tertiary alicyclic amines) is 1. The second-order valence-electron chi connectivity index (χ2n) is 6.03. The van der Waals surface area contributed by atoms with Gasteiger partial charge < -0.3 is 14.3 Å². The fourth-order valence-electron chi connectivity index (χ4n) is 3.21. The van der Waals surface area contributed by atoms with E-state index in [1.807, 2.05) is 6.92 Å². The smallest absolute Gasteiger partial charge is 0.328 e. The summed E-state index contributed by atoms with van der Waals surface area (Å²) in [6.07, 6.45) is 6.54. The van der Waals surface area contributed by atoms with E-state index in [1.165, 1.54) is 12.5 Å². The van der Waals surface area contributed by atoms with Crippen molar-refractivity contribution in [2.24, 2.45) is 0 Å². The third kappa shape index (κ3) is 3.06. The number of nitrogens with one attached hydrogen (secondary N) is 1. The molecular weight excluding hydrogens is 310 g/mol. The minimum Gasteiger partial charge on any atom is -0.467 e. The topological polar surface area (TPSA) is 88.3 Å². The summed E-state index contributed by atoms with van der Waals surface area (Å²) in [5.41, 5.74) is -1.14. The number of aromatic nitrogens is 2. The Morgan fingerprint density at radius 3 is 2.92 bits per heavy atom. The molecule has 0 aliphatic carbocycles. The Morgan fingerprint density at radius 1 is 1.38 bits per heavy atom. The van der Waals surface area contributed by atoms with Gasteiger partial charge in [0.1, 0.15) is 11.3 Å². The summed E-state index contributed by atoms with van der Waals surface area (Å²) in [6.45, 7) is 2.69. The van der Waals surface area contributed by atoms with E-state index in [4.69, 9.17) is 4.42 Å². The van der Waals surface area contributed by atoms with Crippen LogP contribution in [-0.4, -0.2) is 32.9 Å². The van der Waals surface area contributed by atoms with Gasteiger partial charge in [-0.15, -0.1) is 0 Å². The highest BCUT2D eigenvalue weighted by molar-refractivity contribution is 5.93. The van der Waals surface area contributed by atoms with Crippen LogP contribution in [0.1, 0.15) is 48.7 Å². The predicted octanol–water partition coefficient (Wildman–Crippen LogP) is 1.58. The average molecular weight is 331 g/mol. The highest BCUT2D eigenvalue weighted by atomic mass is 16.3. The molecule has 0 radical (unpaired) electrons. The molecule has 1 amide bonds. The maximum Gasteiger partial charge on any atom is 0.328 e. The van der Waals surface area contributed by atoms with Crippen molar-refractivity contribution in [3.8, 4) is 0 Å². The molecule has 1 fully saturated rings. The van der Waals surface area contributed by atoms with Crippen molar-refractivity contribution in [2.75, 3.05) is 6.54 Å². The zero-order chi connectivity index (χ0) is 17.1. The number of hydrogen-bond acceptors (Lipinski definition) is 4. The van der Waals surface area contributed by atoms with Gasteiger partial charge in [-0.25, -0.2) is 4.79 Å². The highest BCUT2D eigenvalue weighted by Gasteiger charge is 2.28. The summed E-state index contributed by atoms with van der Waals surface area (Å²) in [7, 11) is 0. The fraction of sp³-hybridized carbons (Fsp3) is 0.471. The first-order valence-electron chi connectivity index (χ1n) is 8.27. The number of hydrogen-bond donors (Lipinski definition) is 1. The van der Waals surface area contributed by atoms with Gasteiger partial charge in [-0.05, 0) is 37.8 Å². The van der Waals surface area contributed by atoms with Crippen LogP contribution in [0, 0.1) is 0 Å². The van der Waals surface area contributed by atoms with Crippen LogP contribution in [0.25, 0.3) is 0 Å². The Kier molecular flexibility index (Phi) is 4.69. The average Bonchev–Trinajstić information content (AvgIpc) is 3.11. The van der Waals surface area contributed by atoms with Gasteiger partial charge in [-0.3, -0.25) is 14.2 Å². The van der Waals surface area contributed by atoms with E-state index in [0.29, 0.717) is 12.3 Å². The lowest BCUT2D eigenvalue weighted by Gasteiger charge is -2.35. The van der Waals surface area contributed by atoms with Crippen molar-refractivity contribution in [1.82, 2.24) is 14.5 Å². The molecular formula is C17H21N3O4. The van der Waals surface area contributed by atoms with Crippen molar-refractivity contribution in [3.63, 3.8) is 0 Å². The molecule has 7 heteroatoms. The van der Waals surface area contributed by atoms with Crippen molar-refractivity contribution >= 4 is 5.91 Å². The third-order valence-electron chi connectivity index (χ3n) is 4.54. The largest absolute Gasteiger partial charge is 0.467 e. The zero-order valence-corrected chi connectivity index (χ0v) is 13.7. The molecule has 7 nitrogen and oxygen atoms in total. The Balaban J connectivity index is 1.95. The number of aromatic amines is 1. The maximum atomic E-state index is 12.8. The second-order valence-corrected chi connectivity index (χ2v) is 6.03. The standard InChI is InChI=1S/C17H21N3O4/c1-2-12-6-3-4-8-19(12)15(21)14-10-18-17(23)20(16(14)22)11-13-7-5-9-24-13/h5,7,9-10,12H,2-4,6,8,11H2,1H3,(H,18,23). The molecule has 2 aromatic heterocycles. The normalized spacial score (nSPS) is 17.9. The van der Waals surface area contributed by atoms with Gasteiger partial charge in [0, 0.05) is 18.8 Å². The van der Waals surface area contributed by atoms with Gasteiger partial charge >= 0.3 is 5.69 Å². The first kappa shape index (κ1) is 16.3. The van der Waals surface area contributed by atoms with Crippen LogP contribution in [0.4, 0.5) is 0 Å². The van der Waals surface area contributed by atoms with Gasteiger partial charge in [-0.1, -0.05) is 6.92 Å². The first-order valence-corrected chi connectivity index (χ1v) is 8.27.